The Hall–Kier alpha value is -2.32. The van der Waals surface area contributed by atoms with Crippen LogP contribution >= 0.6 is 11.3 Å². The van der Waals surface area contributed by atoms with Crippen molar-refractivity contribution in [2.24, 2.45) is 0 Å². The third-order valence-corrected chi connectivity index (χ3v) is 6.39. The maximum Gasteiger partial charge on any atom is 0.186 e. The van der Waals surface area contributed by atoms with E-state index in [9.17, 15) is 8.42 Å². The summed E-state index contributed by atoms with van der Waals surface area (Å²) in [4.78, 5) is 6.84. The van der Waals surface area contributed by atoms with Crippen LogP contribution in [0.15, 0.2) is 41.3 Å². The van der Waals surface area contributed by atoms with Crippen LogP contribution in [-0.2, 0) is 16.4 Å². The van der Waals surface area contributed by atoms with Crippen molar-refractivity contribution in [3.63, 3.8) is 0 Å². The first-order chi connectivity index (χ1) is 12.4. The molecule has 0 radical (unpaired) electrons. The van der Waals surface area contributed by atoms with E-state index in [4.69, 9.17) is 9.47 Å². The Morgan fingerprint density at radius 3 is 2.69 bits per heavy atom. The van der Waals surface area contributed by atoms with Gasteiger partial charge in [-0.15, -0.1) is 0 Å². The molecule has 0 bridgehead atoms. The van der Waals surface area contributed by atoms with Gasteiger partial charge in [0.25, 0.3) is 0 Å². The number of hydrogen-bond acceptors (Lipinski definition) is 7. The number of para-hydroxylation sites is 1. The zero-order chi connectivity index (χ0) is 18.3. The van der Waals surface area contributed by atoms with Crippen LogP contribution in [0.5, 0.6) is 11.5 Å². The molecule has 0 aliphatic carbocycles. The number of ether oxygens (including phenoxy) is 2. The molecule has 3 aromatic rings. The minimum atomic E-state index is -3.32. The average molecular weight is 390 g/mol. The highest BCUT2D eigenvalue weighted by atomic mass is 32.2. The number of aromatic nitrogens is 1. The monoisotopic (exact) mass is 390 g/mol. The Balaban J connectivity index is 1.63. The normalized spacial score (nSPS) is 13.8. The van der Waals surface area contributed by atoms with Gasteiger partial charge in [-0.05, 0) is 29.8 Å². The maximum atomic E-state index is 12.0. The first-order valence-electron chi connectivity index (χ1n) is 8.11. The van der Waals surface area contributed by atoms with Crippen molar-refractivity contribution in [2.45, 2.75) is 11.4 Å². The molecule has 6 nitrogen and oxygen atoms in total. The van der Waals surface area contributed by atoms with Crippen molar-refractivity contribution in [1.82, 2.24) is 4.98 Å². The van der Waals surface area contributed by atoms with E-state index in [2.05, 4.69) is 4.98 Å². The van der Waals surface area contributed by atoms with Crippen LogP contribution < -0.4 is 14.4 Å². The predicted molar refractivity (Wildman–Crippen MR) is 102 cm³/mol. The highest BCUT2D eigenvalue weighted by Gasteiger charge is 2.18. The second kappa shape index (κ2) is 6.44. The Labute approximate surface area is 155 Å². The van der Waals surface area contributed by atoms with E-state index in [1.807, 2.05) is 36.2 Å². The van der Waals surface area contributed by atoms with Gasteiger partial charge in [-0.3, -0.25) is 0 Å². The summed E-state index contributed by atoms with van der Waals surface area (Å²) in [5.74, 6) is 1.52. The zero-order valence-electron chi connectivity index (χ0n) is 14.4. The molecule has 0 unspecified atom stereocenters. The van der Waals surface area contributed by atoms with Crippen molar-refractivity contribution in [3.05, 3.63) is 42.0 Å². The number of rotatable bonds is 4. The van der Waals surface area contributed by atoms with Crippen molar-refractivity contribution in [1.29, 1.82) is 0 Å². The average Bonchev–Trinajstić information content (AvgIpc) is 3.05. The van der Waals surface area contributed by atoms with Crippen LogP contribution in [0, 0.1) is 0 Å². The number of nitrogens with zero attached hydrogens (tertiary/aromatic N) is 2. The molecular formula is C18H18N2O4S2. The van der Waals surface area contributed by atoms with E-state index < -0.39 is 9.84 Å². The molecule has 0 saturated heterocycles. The summed E-state index contributed by atoms with van der Waals surface area (Å²) in [7, 11) is -1.38. The lowest BCUT2D eigenvalue weighted by atomic mass is 10.2. The number of hydrogen-bond donors (Lipinski definition) is 0. The van der Waals surface area contributed by atoms with Gasteiger partial charge in [0.05, 0.1) is 9.60 Å². The minimum absolute atomic E-state index is 0.269. The molecule has 0 amide bonds. The Bertz CT molecular complexity index is 1080. The third kappa shape index (κ3) is 3.22. The largest absolute Gasteiger partial charge is 0.486 e. The second-order valence-electron chi connectivity index (χ2n) is 6.21. The topological polar surface area (TPSA) is 68.7 Å². The summed E-state index contributed by atoms with van der Waals surface area (Å²) >= 11 is 1.48. The van der Waals surface area contributed by atoms with E-state index in [-0.39, 0.29) is 4.90 Å². The van der Waals surface area contributed by atoms with Gasteiger partial charge in [-0.1, -0.05) is 23.5 Å². The smallest absolute Gasteiger partial charge is 0.186 e. The predicted octanol–water partition coefficient (Wildman–Crippen LogP) is 3.11. The lowest BCUT2D eigenvalue weighted by Crippen LogP contribution is -2.18. The number of benzene rings is 2. The number of anilines is 1. The molecule has 1 aromatic heterocycles. The molecule has 0 saturated carbocycles. The summed E-state index contributed by atoms with van der Waals surface area (Å²) in [6.07, 6.45) is 1.21. The Kier molecular flexibility index (Phi) is 4.24. The molecule has 8 heteroatoms. The SMILES string of the molecule is CN(Cc1ccc2c(c1)OCCO2)c1nc2c(S(C)(=O)=O)cccc2s1. The quantitative estimate of drug-likeness (QED) is 0.682. The van der Waals surface area contributed by atoms with Gasteiger partial charge >= 0.3 is 0 Å². The molecule has 1 aliphatic heterocycles. The second-order valence-corrected chi connectivity index (χ2v) is 9.20. The first kappa shape index (κ1) is 17.1. The molecule has 0 spiro atoms. The minimum Gasteiger partial charge on any atom is -0.486 e. The third-order valence-electron chi connectivity index (χ3n) is 4.12. The van der Waals surface area contributed by atoms with Crippen molar-refractivity contribution in [3.8, 4) is 11.5 Å². The molecule has 0 fully saturated rings. The van der Waals surface area contributed by atoms with Gasteiger partial charge in [-0.2, -0.15) is 0 Å². The number of sulfone groups is 1. The summed E-state index contributed by atoms with van der Waals surface area (Å²) in [6, 6.07) is 11.1. The fraction of sp³-hybridized carbons (Fsp3) is 0.278. The highest BCUT2D eigenvalue weighted by molar-refractivity contribution is 7.91. The molecule has 1 aliphatic rings. The van der Waals surface area contributed by atoms with E-state index >= 15 is 0 Å². The van der Waals surface area contributed by atoms with Crippen molar-refractivity contribution in [2.75, 3.05) is 31.4 Å². The summed E-state index contributed by atoms with van der Waals surface area (Å²) in [5, 5.41) is 0.769. The lowest BCUT2D eigenvalue weighted by Gasteiger charge is -2.20. The van der Waals surface area contributed by atoms with Crippen LogP contribution in [0.3, 0.4) is 0 Å². The van der Waals surface area contributed by atoms with E-state index in [1.54, 1.807) is 12.1 Å². The molecular weight excluding hydrogens is 372 g/mol. The van der Waals surface area contributed by atoms with Crippen molar-refractivity contribution < 1.29 is 17.9 Å². The molecule has 0 N–H and O–H groups in total. The van der Waals surface area contributed by atoms with E-state index in [1.165, 1.54) is 17.6 Å². The van der Waals surface area contributed by atoms with Crippen LogP contribution in [0.4, 0.5) is 5.13 Å². The molecule has 4 rings (SSSR count). The fourth-order valence-electron chi connectivity index (χ4n) is 2.90. The zero-order valence-corrected chi connectivity index (χ0v) is 16.1. The molecule has 2 aromatic carbocycles. The Morgan fingerprint density at radius 2 is 1.92 bits per heavy atom. The Morgan fingerprint density at radius 1 is 1.15 bits per heavy atom. The summed E-state index contributed by atoms with van der Waals surface area (Å²) in [5.41, 5.74) is 1.60. The standard InChI is InChI=1S/C18H18N2O4S2/c1-20(11-12-6-7-13-14(10-12)24-9-8-23-13)18-19-17-15(25-18)4-3-5-16(17)26(2,21)22/h3-7,10H,8-9,11H2,1-2H3. The van der Waals surface area contributed by atoms with Crippen molar-refractivity contribution >= 4 is 36.5 Å². The van der Waals surface area contributed by atoms with Crippen LogP contribution in [0.1, 0.15) is 5.56 Å². The first-order valence-corrected chi connectivity index (χ1v) is 10.8. The van der Waals surface area contributed by atoms with Gasteiger partial charge in [0.15, 0.2) is 26.5 Å². The molecule has 136 valence electrons. The van der Waals surface area contributed by atoms with Crippen LogP contribution in [0.25, 0.3) is 10.2 Å². The van der Waals surface area contributed by atoms with Gasteiger partial charge in [-0.25, -0.2) is 13.4 Å². The molecule has 2 heterocycles. The number of thiazole rings is 1. The van der Waals surface area contributed by atoms with Gasteiger partial charge < -0.3 is 14.4 Å². The summed E-state index contributed by atoms with van der Waals surface area (Å²) in [6.45, 7) is 1.75. The summed E-state index contributed by atoms with van der Waals surface area (Å²) < 4.78 is 36.0. The number of fused-ring (bicyclic) bond motifs is 2. The molecule has 0 atom stereocenters. The van der Waals surface area contributed by atoms with E-state index in [0.717, 1.165) is 26.9 Å². The lowest BCUT2D eigenvalue weighted by molar-refractivity contribution is 0.171. The van der Waals surface area contributed by atoms with Crippen LogP contribution in [-0.4, -0.2) is 39.9 Å². The fourth-order valence-corrected chi connectivity index (χ4v) is 4.75. The maximum absolute atomic E-state index is 12.0. The van der Waals surface area contributed by atoms with Crippen LogP contribution in [0.2, 0.25) is 0 Å². The van der Waals surface area contributed by atoms with E-state index in [0.29, 0.717) is 25.3 Å². The van der Waals surface area contributed by atoms with Gasteiger partial charge in [0, 0.05) is 19.8 Å². The highest BCUT2D eigenvalue weighted by Crippen LogP contribution is 2.34. The molecule has 26 heavy (non-hydrogen) atoms. The van der Waals surface area contributed by atoms with Gasteiger partial charge in [0.1, 0.15) is 18.7 Å². The van der Waals surface area contributed by atoms with Gasteiger partial charge in [0.2, 0.25) is 0 Å².